The number of hydrogen-bond donors (Lipinski definition) is 0. The SMILES string of the molecule is Fc1ccc2oc3c(ccc4c3c3cc(N(c5ccccc5)c5ccc(-c6ccc(N(c7ccccc7)c7ccc8c(c7)c7c9oc%10ccc(F)cc%10c9ccc7n8-c7ccccc7)cc6)cc5)ccc3n4-c3ccccc3)c2c1. The highest BCUT2D eigenvalue weighted by molar-refractivity contribution is 6.26. The van der Waals surface area contributed by atoms with E-state index < -0.39 is 0 Å². The molecule has 0 amide bonds. The summed E-state index contributed by atoms with van der Waals surface area (Å²) in [4.78, 5) is 4.58. The van der Waals surface area contributed by atoms with Gasteiger partial charge in [-0.15, -0.1) is 0 Å². The minimum atomic E-state index is -0.298. The molecule has 6 nitrogen and oxygen atoms in total. The first-order chi connectivity index (χ1) is 39.5. The zero-order chi connectivity index (χ0) is 53.0. The molecule has 0 spiro atoms. The lowest BCUT2D eigenvalue weighted by atomic mass is 10.0. The second-order valence-electron chi connectivity index (χ2n) is 20.3. The molecule has 16 rings (SSSR count). The lowest BCUT2D eigenvalue weighted by Crippen LogP contribution is -2.10. The molecule has 0 atom stereocenters. The first kappa shape index (κ1) is 45.5. The van der Waals surface area contributed by atoms with Crippen LogP contribution in [0.1, 0.15) is 0 Å². The fourth-order valence-electron chi connectivity index (χ4n) is 12.2. The van der Waals surface area contributed by atoms with E-state index >= 15 is 0 Å². The minimum Gasteiger partial charge on any atom is -0.455 e. The van der Waals surface area contributed by atoms with Crippen LogP contribution in [0.15, 0.2) is 276 Å². The third-order valence-corrected chi connectivity index (χ3v) is 15.8. The Morgan fingerprint density at radius 3 is 1.02 bits per heavy atom. The van der Waals surface area contributed by atoms with Crippen molar-refractivity contribution < 1.29 is 17.6 Å². The van der Waals surface area contributed by atoms with Crippen molar-refractivity contribution in [2.24, 2.45) is 0 Å². The van der Waals surface area contributed by atoms with E-state index in [0.29, 0.717) is 11.2 Å². The first-order valence-electron chi connectivity index (χ1n) is 26.7. The quantitative estimate of drug-likeness (QED) is 0.144. The summed E-state index contributed by atoms with van der Waals surface area (Å²) in [6.07, 6.45) is 0. The summed E-state index contributed by atoms with van der Waals surface area (Å²) >= 11 is 0. The topological polar surface area (TPSA) is 42.6 Å². The Labute approximate surface area is 457 Å². The number of hydrogen-bond acceptors (Lipinski definition) is 4. The summed E-state index contributed by atoms with van der Waals surface area (Å²) in [7, 11) is 0. The van der Waals surface area contributed by atoms with Crippen molar-refractivity contribution in [3.05, 3.63) is 279 Å². The highest BCUT2D eigenvalue weighted by atomic mass is 19.1. The molecule has 0 aliphatic rings. The van der Waals surface area contributed by atoms with Gasteiger partial charge in [-0.1, -0.05) is 97.1 Å². The van der Waals surface area contributed by atoms with Gasteiger partial charge in [-0.2, -0.15) is 0 Å². The van der Waals surface area contributed by atoms with Gasteiger partial charge in [0.2, 0.25) is 0 Å². The molecule has 4 aromatic heterocycles. The number of benzene rings is 12. The van der Waals surface area contributed by atoms with E-state index in [4.69, 9.17) is 8.83 Å². The Kier molecular flexibility index (Phi) is 10.2. The monoisotopic (exact) mass is 1030 g/mol. The van der Waals surface area contributed by atoms with Crippen LogP contribution in [-0.4, -0.2) is 9.13 Å². The lowest BCUT2D eigenvalue weighted by molar-refractivity contribution is 0.626. The molecule has 0 saturated heterocycles. The second kappa shape index (κ2) is 17.9. The molecule has 4 heterocycles. The van der Waals surface area contributed by atoms with Gasteiger partial charge in [0.05, 0.1) is 32.8 Å². The van der Waals surface area contributed by atoms with E-state index in [0.717, 1.165) is 133 Å². The maximum Gasteiger partial charge on any atom is 0.145 e. The van der Waals surface area contributed by atoms with E-state index in [-0.39, 0.29) is 11.6 Å². The largest absolute Gasteiger partial charge is 0.455 e. The van der Waals surface area contributed by atoms with Gasteiger partial charge >= 0.3 is 0 Å². The number of halogens is 2. The molecule has 0 aliphatic heterocycles. The predicted octanol–water partition coefficient (Wildman–Crippen LogP) is 20.6. The van der Waals surface area contributed by atoms with Gasteiger partial charge in [-0.05, 0) is 181 Å². The van der Waals surface area contributed by atoms with Crippen molar-refractivity contribution in [3.63, 3.8) is 0 Å². The van der Waals surface area contributed by atoms with Gasteiger partial charge in [-0.25, -0.2) is 8.78 Å². The highest BCUT2D eigenvalue weighted by Gasteiger charge is 2.24. The fourth-order valence-corrected chi connectivity index (χ4v) is 12.2. The molecule has 0 unspecified atom stereocenters. The van der Waals surface area contributed by atoms with Crippen LogP contribution in [0, 0.1) is 11.6 Å². The third-order valence-electron chi connectivity index (χ3n) is 15.8. The average Bonchev–Trinajstić information content (AvgIpc) is 4.46. The second-order valence-corrected chi connectivity index (χ2v) is 20.3. The summed E-state index contributed by atoms with van der Waals surface area (Å²) in [6.45, 7) is 0. The summed E-state index contributed by atoms with van der Waals surface area (Å²) in [6, 6.07) is 90.2. The van der Waals surface area contributed by atoms with Gasteiger partial charge in [0.15, 0.2) is 0 Å². The van der Waals surface area contributed by atoms with Crippen LogP contribution in [0.25, 0.3) is 110 Å². The van der Waals surface area contributed by atoms with Gasteiger partial charge in [-0.3, -0.25) is 0 Å². The number of nitrogens with zero attached hydrogens (tertiary/aromatic N) is 4. The summed E-state index contributed by atoms with van der Waals surface area (Å²) < 4.78 is 47.2. The van der Waals surface area contributed by atoms with E-state index in [2.05, 4.69) is 213 Å². The smallest absolute Gasteiger partial charge is 0.145 e. The Balaban J connectivity index is 0.793. The molecule has 16 aromatic rings. The third kappa shape index (κ3) is 7.16. The molecule has 80 heavy (non-hydrogen) atoms. The normalized spacial score (nSPS) is 11.9. The Morgan fingerprint density at radius 2 is 0.625 bits per heavy atom. The maximum absolute atomic E-state index is 14.7. The molecule has 378 valence electrons. The van der Waals surface area contributed by atoms with Crippen LogP contribution in [-0.2, 0) is 0 Å². The van der Waals surface area contributed by atoms with Crippen LogP contribution in [0.4, 0.5) is 42.9 Å². The molecule has 0 N–H and O–H groups in total. The number of para-hydroxylation sites is 4. The molecule has 12 aromatic carbocycles. The Bertz CT molecular complexity index is 4750. The Hall–Kier alpha value is -10.7. The van der Waals surface area contributed by atoms with E-state index in [1.165, 1.54) is 12.1 Å². The highest BCUT2D eigenvalue weighted by Crippen LogP contribution is 2.47. The molecular weight excluding hydrogens is 991 g/mol. The van der Waals surface area contributed by atoms with Crippen LogP contribution in [0.3, 0.4) is 0 Å². The van der Waals surface area contributed by atoms with Gasteiger partial charge in [0, 0.05) is 77.8 Å². The van der Waals surface area contributed by atoms with Gasteiger partial charge in [0.1, 0.15) is 34.0 Å². The van der Waals surface area contributed by atoms with Crippen LogP contribution < -0.4 is 9.80 Å². The standard InChI is InChI=1S/C72H44F2N4O2/c73-47-25-39-67-59(41-47)57-33-37-65-69(71(57)79-67)61-43-55(31-35-63(61)77(65)51-17-9-3-10-18-51)75(49-13-5-1-6-14-49)53-27-21-45(22-28-53)46-23-29-54(30-24-46)76(50-15-7-2-8-16-50)56-32-36-64-62(44-56)70-66(78(64)52-19-11-4-12-20-52)38-34-58-60-42-48(74)26-40-68(60)80-72(58)70/h1-44H. The van der Waals surface area contributed by atoms with Gasteiger partial charge in [0.25, 0.3) is 0 Å². The van der Waals surface area contributed by atoms with Crippen molar-refractivity contribution in [1.82, 2.24) is 9.13 Å². The zero-order valence-corrected chi connectivity index (χ0v) is 42.8. The van der Waals surface area contributed by atoms with Crippen molar-refractivity contribution in [2.75, 3.05) is 9.80 Å². The minimum absolute atomic E-state index is 0.298. The molecule has 0 fully saturated rings. The molecule has 0 aliphatic carbocycles. The van der Waals surface area contributed by atoms with Crippen LogP contribution >= 0.6 is 0 Å². The van der Waals surface area contributed by atoms with Crippen LogP contribution in [0.2, 0.25) is 0 Å². The lowest BCUT2D eigenvalue weighted by Gasteiger charge is -2.26. The first-order valence-corrected chi connectivity index (χ1v) is 26.7. The van der Waals surface area contributed by atoms with Crippen molar-refractivity contribution in [1.29, 1.82) is 0 Å². The summed E-state index contributed by atoms with van der Waals surface area (Å²) in [5.74, 6) is -0.596. The number of anilines is 6. The number of fused-ring (bicyclic) bond motifs is 14. The zero-order valence-electron chi connectivity index (χ0n) is 42.8. The van der Waals surface area contributed by atoms with E-state index in [1.807, 2.05) is 36.4 Å². The van der Waals surface area contributed by atoms with Crippen LogP contribution in [0.5, 0.6) is 0 Å². The molecule has 0 radical (unpaired) electrons. The van der Waals surface area contributed by atoms with Crippen molar-refractivity contribution in [3.8, 4) is 22.5 Å². The number of furan rings is 2. The fraction of sp³-hybridized carbons (Fsp3) is 0. The Morgan fingerprint density at radius 1 is 0.275 bits per heavy atom. The van der Waals surface area contributed by atoms with Crippen molar-refractivity contribution >= 4 is 122 Å². The summed E-state index contributed by atoms with van der Waals surface area (Å²) in [5.41, 5.74) is 17.0. The molecule has 0 bridgehead atoms. The molecular formula is C72H44F2N4O2. The average molecular weight is 1040 g/mol. The summed E-state index contributed by atoms with van der Waals surface area (Å²) in [5, 5.41) is 7.23. The number of aromatic nitrogens is 2. The maximum atomic E-state index is 14.7. The molecule has 0 saturated carbocycles. The van der Waals surface area contributed by atoms with E-state index in [1.54, 1.807) is 24.3 Å². The van der Waals surface area contributed by atoms with Crippen molar-refractivity contribution in [2.45, 2.75) is 0 Å². The number of rotatable bonds is 9. The van der Waals surface area contributed by atoms with Gasteiger partial charge < -0.3 is 27.8 Å². The van der Waals surface area contributed by atoms with E-state index in [9.17, 15) is 8.78 Å². The predicted molar refractivity (Wildman–Crippen MR) is 324 cm³/mol. The molecule has 8 heteroatoms.